The summed E-state index contributed by atoms with van der Waals surface area (Å²) in [5.41, 5.74) is 1.67. The van der Waals surface area contributed by atoms with Gasteiger partial charge >= 0.3 is 0 Å². The van der Waals surface area contributed by atoms with E-state index in [1.807, 2.05) is 48.5 Å². The SMILES string of the molecule is COc1ccc(-c2cnc(CCC(=O)Nc3cccc(Br)c3)o2)cc1. The second kappa shape index (κ2) is 7.98. The van der Waals surface area contributed by atoms with Crippen LogP contribution >= 0.6 is 15.9 Å². The average Bonchev–Trinajstić information content (AvgIpc) is 3.09. The minimum absolute atomic E-state index is 0.0812. The van der Waals surface area contributed by atoms with Crippen molar-refractivity contribution in [2.24, 2.45) is 0 Å². The second-order valence-electron chi connectivity index (χ2n) is 5.41. The first-order valence-electron chi connectivity index (χ1n) is 7.78. The Labute approximate surface area is 154 Å². The van der Waals surface area contributed by atoms with Crippen LogP contribution in [-0.2, 0) is 11.2 Å². The lowest BCUT2D eigenvalue weighted by molar-refractivity contribution is -0.116. The molecule has 0 atom stereocenters. The Morgan fingerprint density at radius 1 is 1.24 bits per heavy atom. The van der Waals surface area contributed by atoms with Gasteiger partial charge in [0.25, 0.3) is 0 Å². The third-order valence-corrected chi connectivity index (χ3v) is 4.10. The molecule has 0 aliphatic heterocycles. The molecule has 0 unspecified atom stereocenters. The number of hydrogen-bond acceptors (Lipinski definition) is 4. The fourth-order valence-corrected chi connectivity index (χ4v) is 2.72. The molecule has 0 radical (unpaired) electrons. The first-order chi connectivity index (χ1) is 12.1. The topological polar surface area (TPSA) is 64.4 Å². The van der Waals surface area contributed by atoms with Crippen molar-refractivity contribution in [2.45, 2.75) is 12.8 Å². The van der Waals surface area contributed by atoms with Gasteiger partial charge in [-0.15, -0.1) is 0 Å². The summed E-state index contributed by atoms with van der Waals surface area (Å²) in [5.74, 6) is 1.91. The Hall–Kier alpha value is -2.60. The monoisotopic (exact) mass is 400 g/mol. The predicted molar refractivity (Wildman–Crippen MR) is 99.6 cm³/mol. The Kier molecular flexibility index (Phi) is 5.50. The van der Waals surface area contributed by atoms with Crippen molar-refractivity contribution in [3.05, 3.63) is 65.1 Å². The normalized spacial score (nSPS) is 10.5. The summed E-state index contributed by atoms with van der Waals surface area (Å²) in [7, 11) is 1.63. The summed E-state index contributed by atoms with van der Waals surface area (Å²) in [5, 5.41) is 2.85. The standard InChI is InChI=1S/C19H17BrN2O3/c1-24-16-7-5-13(6-8-16)17-12-21-19(25-17)10-9-18(23)22-15-4-2-3-14(20)11-15/h2-8,11-12H,9-10H2,1H3,(H,22,23). The van der Waals surface area contributed by atoms with E-state index < -0.39 is 0 Å². The van der Waals surface area contributed by atoms with Crippen molar-refractivity contribution in [3.8, 4) is 17.1 Å². The van der Waals surface area contributed by atoms with Gasteiger partial charge in [-0.1, -0.05) is 22.0 Å². The van der Waals surface area contributed by atoms with Crippen molar-refractivity contribution in [3.63, 3.8) is 0 Å². The van der Waals surface area contributed by atoms with Crippen LogP contribution in [0, 0.1) is 0 Å². The molecule has 0 aliphatic carbocycles. The first kappa shape index (κ1) is 17.2. The van der Waals surface area contributed by atoms with E-state index in [9.17, 15) is 4.79 Å². The number of oxazole rings is 1. The number of rotatable bonds is 6. The highest BCUT2D eigenvalue weighted by molar-refractivity contribution is 9.10. The lowest BCUT2D eigenvalue weighted by Crippen LogP contribution is -2.12. The number of nitrogens with zero attached hydrogens (tertiary/aromatic N) is 1. The molecule has 1 N–H and O–H groups in total. The zero-order valence-electron chi connectivity index (χ0n) is 13.7. The minimum Gasteiger partial charge on any atom is -0.497 e. The van der Waals surface area contributed by atoms with Gasteiger partial charge in [-0.3, -0.25) is 4.79 Å². The molecule has 0 bridgehead atoms. The number of aromatic nitrogens is 1. The van der Waals surface area contributed by atoms with Crippen LogP contribution in [0.15, 0.2) is 63.6 Å². The number of anilines is 1. The Bertz CT molecular complexity index is 859. The molecule has 128 valence electrons. The van der Waals surface area contributed by atoms with Crippen LogP contribution in [0.1, 0.15) is 12.3 Å². The Morgan fingerprint density at radius 3 is 2.76 bits per heavy atom. The van der Waals surface area contributed by atoms with Gasteiger partial charge in [0.1, 0.15) is 5.75 Å². The molecule has 25 heavy (non-hydrogen) atoms. The van der Waals surface area contributed by atoms with Crippen molar-refractivity contribution < 1.29 is 13.9 Å². The van der Waals surface area contributed by atoms with E-state index in [-0.39, 0.29) is 5.91 Å². The van der Waals surface area contributed by atoms with Gasteiger partial charge < -0.3 is 14.5 Å². The van der Waals surface area contributed by atoms with Gasteiger partial charge in [-0.2, -0.15) is 0 Å². The maximum absolute atomic E-state index is 12.0. The first-order valence-corrected chi connectivity index (χ1v) is 8.58. The number of nitrogens with one attached hydrogen (secondary N) is 1. The quantitative estimate of drug-likeness (QED) is 0.651. The lowest BCUT2D eigenvalue weighted by Gasteiger charge is -2.04. The maximum Gasteiger partial charge on any atom is 0.224 e. The molecule has 5 nitrogen and oxygen atoms in total. The van der Waals surface area contributed by atoms with Crippen LogP contribution in [0.25, 0.3) is 11.3 Å². The molecule has 0 saturated heterocycles. The number of ether oxygens (including phenoxy) is 1. The van der Waals surface area contributed by atoms with E-state index in [1.165, 1.54) is 0 Å². The van der Waals surface area contributed by atoms with Crippen molar-refractivity contribution >= 4 is 27.5 Å². The van der Waals surface area contributed by atoms with E-state index in [1.54, 1.807) is 13.3 Å². The third-order valence-electron chi connectivity index (χ3n) is 3.60. The molecule has 6 heteroatoms. The Morgan fingerprint density at radius 2 is 2.04 bits per heavy atom. The van der Waals surface area contributed by atoms with E-state index in [4.69, 9.17) is 9.15 Å². The summed E-state index contributed by atoms with van der Waals surface area (Å²) < 4.78 is 11.8. The molecular formula is C19H17BrN2O3. The Balaban J connectivity index is 1.56. The molecule has 0 fully saturated rings. The van der Waals surface area contributed by atoms with Gasteiger partial charge in [-0.05, 0) is 42.5 Å². The molecule has 2 aromatic carbocycles. The summed E-state index contributed by atoms with van der Waals surface area (Å²) in [6, 6.07) is 15.0. The molecule has 3 rings (SSSR count). The molecule has 0 spiro atoms. The van der Waals surface area contributed by atoms with E-state index in [2.05, 4.69) is 26.2 Å². The van der Waals surface area contributed by atoms with Gasteiger partial charge in [0, 0.05) is 28.6 Å². The number of halogens is 1. The maximum atomic E-state index is 12.0. The van der Waals surface area contributed by atoms with Crippen LogP contribution in [0.3, 0.4) is 0 Å². The smallest absolute Gasteiger partial charge is 0.224 e. The zero-order chi connectivity index (χ0) is 17.6. The average molecular weight is 401 g/mol. The number of amides is 1. The van der Waals surface area contributed by atoms with E-state index >= 15 is 0 Å². The number of methoxy groups -OCH3 is 1. The largest absolute Gasteiger partial charge is 0.497 e. The molecule has 1 heterocycles. The number of hydrogen-bond donors (Lipinski definition) is 1. The number of carbonyl (C=O) groups excluding carboxylic acids is 1. The van der Waals surface area contributed by atoms with Crippen molar-refractivity contribution in [1.29, 1.82) is 0 Å². The van der Waals surface area contributed by atoms with Gasteiger partial charge in [-0.25, -0.2) is 4.98 Å². The summed E-state index contributed by atoms with van der Waals surface area (Å²) in [6.45, 7) is 0. The molecular weight excluding hydrogens is 384 g/mol. The molecule has 1 amide bonds. The highest BCUT2D eigenvalue weighted by atomic mass is 79.9. The molecule has 1 aromatic heterocycles. The van der Waals surface area contributed by atoms with Gasteiger partial charge in [0.15, 0.2) is 11.7 Å². The fraction of sp³-hybridized carbons (Fsp3) is 0.158. The summed E-state index contributed by atoms with van der Waals surface area (Å²) in [4.78, 5) is 16.3. The highest BCUT2D eigenvalue weighted by Gasteiger charge is 2.09. The van der Waals surface area contributed by atoms with Crippen molar-refractivity contribution in [1.82, 2.24) is 4.98 Å². The summed E-state index contributed by atoms with van der Waals surface area (Å²) in [6.07, 6.45) is 2.41. The highest BCUT2D eigenvalue weighted by Crippen LogP contribution is 2.23. The zero-order valence-corrected chi connectivity index (χ0v) is 15.2. The van der Waals surface area contributed by atoms with Crippen LogP contribution < -0.4 is 10.1 Å². The third kappa shape index (κ3) is 4.70. The van der Waals surface area contributed by atoms with Crippen LogP contribution in [0.2, 0.25) is 0 Å². The van der Waals surface area contributed by atoms with E-state index in [0.717, 1.165) is 21.5 Å². The van der Waals surface area contributed by atoms with E-state index in [0.29, 0.717) is 24.5 Å². The molecule has 0 aliphatic rings. The van der Waals surface area contributed by atoms with Gasteiger partial charge in [0.2, 0.25) is 5.91 Å². The van der Waals surface area contributed by atoms with Crippen LogP contribution in [0.5, 0.6) is 5.75 Å². The summed E-state index contributed by atoms with van der Waals surface area (Å²) >= 11 is 3.38. The predicted octanol–water partition coefficient (Wildman–Crippen LogP) is 4.68. The molecule has 0 saturated carbocycles. The second-order valence-corrected chi connectivity index (χ2v) is 6.32. The number of benzene rings is 2. The van der Waals surface area contributed by atoms with Crippen LogP contribution in [0.4, 0.5) is 5.69 Å². The lowest BCUT2D eigenvalue weighted by atomic mass is 10.2. The van der Waals surface area contributed by atoms with Crippen LogP contribution in [-0.4, -0.2) is 18.0 Å². The van der Waals surface area contributed by atoms with Crippen molar-refractivity contribution in [2.75, 3.05) is 12.4 Å². The fourth-order valence-electron chi connectivity index (χ4n) is 2.32. The molecule has 3 aromatic rings. The number of aryl methyl sites for hydroxylation is 1. The minimum atomic E-state index is -0.0812. The van der Waals surface area contributed by atoms with Gasteiger partial charge in [0.05, 0.1) is 13.3 Å². The number of carbonyl (C=O) groups is 1.